The maximum atomic E-state index is 12.7. The van der Waals surface area contributed by atoms with E-state index in [0.717, 1.165) is 56.1 Å². The number of amides is 3. The molecule has 2 aromatic rings. The summed E-state index contributed by atoms with van der Waals surface area (Å²) in [6.45, 7) is 5.01. The molecular formula is C25H32N6O2. The number of carbonyl (C=O) groups is 2. The fourth-order valence-corrected chi connectivity index (χ4v) is 5.22. The van der Waals surface area contributed by atoms with Crippen molar-refractivity contribution in [3.05, 3.63) is 47.4 Å². The van der Waals surface area contributed by atoms with Gasteiger partial charge in [-0.3, -0.25) is 9.69 Å². The summed E-state index contributed by atoms with van der Waals surface area (Å²) in [6.07, 6.45) is 6.29. The van der Waals surface area contributed by atoms with Crippen molar-refractivity contribution in [1.82, 2.24) is 20.2 Å². The molecule has 2 fully saturated rings. The van der Waals surface area contributed by atoms with Crippen LogP contribution in [0, 0.1) is 6.92 Å². The fourth-order valence-electron chi connectivity index (χ4n) is 5.22. The van der Waals surface area contributed by atoms with Crippen LogP contribution in [0.1, 0.15) is 42.8 Å². The van der Waals surface area contributed by atoms with Crippen LogP contribution >= 0.6 is 0 Å². The first kappa shape index (κ1) is 21.7. The lowest BCUT2D eigenvalue weighted by Crippen LogP contribution is -2.48. The summed E-state index contributed by atoms with van der Waals surface area (Å²) >= 11 is 0. The summed E-state index contributed by atoms with van der Waals surface area (Å²) in [5.41, 5.74) is 3.42. The predicted molar refractivity (Wildman–Crippen MR) is 128 cm³/mol. The Morgan fingerprint density at radius 2 is 1.79 bits per heavy atom. The molecule has 8 nitrogen and oxygen atoms in total. The number of anilines is 2. The number of carbonyl (C=O) groups excluding carboxylic acids is 2. The van der Waals surface area contributed by atoms with Crippen molar-refractivity contribution in [3.63, 3.8) is 0 Å². The summed E-state index contributed by atoms with van der Waals surface area (Å²) in [5, 5.41) is 3.16. The van der Waals surface area contributed by atoms with Gasteiger partial charge in [-0.2, -0.15) is 0 Å². The number of hydrogen-bond donors (Lipinski definition) is 1. The number of nitrogens with one attached hydrogen (secondary N) is 1. The molecule has 0 saturated carbocycles. The summed E-state index contributed by atoms with van der Waals surface area (Å²) in [7, 11) is 0. The second-order valence-corrected chi connectivity index (χ2v) is 9.25. The Kier molecular flexibility index (Phi) is 6.15. The van der Waals surface area contributed by atoms with E-state index < -0.39 is 0 Å². The van der Waals surface area contributed by atoms with E-state index in [1.807, 2.05) is 37.3 Å². The molecule has 0 spiro atoms. The Labute approximate surface area is 195 Å². The summed E-state index contributed by atoms with van der Waals surface area (Å²) < 4.78 is 0. The fraction of sp³-hybridized carbons (Fsp3) is 0.520. The highest BCUT2D eigenvalue weighted by atomic mass is 16.2. The highest BCUT2D eigenvalue weighted by Gasteiger charge is 2.32. The SMILES string of the molecule is Cc1nc2c(c(N3CCC(NC(=O)CN4CCN(c5ccccc5)C4=O)CC3)n1)CCCC2. The van der Waals surface area contributed by atoms with E-state index in [1.54, 1.807) is 9.80 Å². The molecule has 2 saturated heterocycles. The van der Waals surface area contributed by atoms with Gasteiger partial charge in [0.1, 0.15) is 18.2 Å². The van der Waals surface area contributed by atoms with E-state index in [1.165, 1.54) is 24.1 Å². The van der Waals surface area contributed by atoms with Crippen molar-refractivity contribution >= 4 is 23.4 Å². The van der Waals surface area contributed by atoms with Gasteiger partial charge >= 0.3 is 6.03 Å². The average molecular weight is 449 g/mol. The Hall–Kier alpha value is -3.16. The molecule has 1 aliphatic carbocycles. The van der Waals surface area contributed by atoms with Gasteiger partial charge in [-0.25, -0.2) is 14.8 Å². The Morgan fingerprint density at radius 1 is 1.03 bits per heavy atom. The van der Waals surface area contributed by atoms with Crippen LogP contribution in [0.4, 0.5) is 16.3 Å². The summed E-state index contributed by atoms with van der Waals surface area (Å²) in [4.78, 5) is 40.6. The van der Waals surface area contributed by atoms with Gasteiger partial charge in [0.15, 0.2) is 0 Å². The molecule has 5 rings (SSSR count). The lowest BCUT2D eigenvalue weighted by molar-refractivity contribution is -0.122. The van der Waals surface area contributed by atoms with Crippen molar-refractivity contribution < 1.29 is 9.59 Å². The highest BCUT2D eigenvalue weighted by molar-refractivity contribution is 5.96. The number of piperidine rings is 1. The summed E-state index contributed by atoms with van der Waals surface area (Å²) in [6, 6.07) is 9.65. The van der Waals surface area contributed by atoms with Crippen LogP contribution in [0.15, 0.2) is 30.3 Å². The molecule has 1 aromatic heterocycles. The Bertz CT molecular complexity index is 1020. The van der Waals surface area contributed by atoms with E-state index in [-0.39, 0.29) is 24.5 Å². The zero-order chi connectivity index (χ0) is 22.8. The lowest BCUT2D eigenvalue weighted by atomic mass is 9.95. The van der Waals surface area contributed by atoms with Crippen LogP contribution in [0.25, 0.3) is 0 Å². The van der Waals surface area contributed by atoms with Crippen molar-refractivity contribution in [2.45, 2.75) is 51.5 Å². The predicted octanol–water partition coefficient (Wildman–Crippen LogP) is 2.69. The van der Waals surface area contributed by atoms with Gasteiger partial charge in [-0.1, -0.05) is 18.2 Å². The van der Waals surface area contributed by atoms with Crippen molar-refractivity contribution in [1.29, 1.82) is 0 Å². The molecule has 3 aliphatic rings. The van der Waals surface area contributed by atoms with Gasteiger partial charge in [0.2, 0.25) is 5.91 Å². The number of para-hydroxylation sites is 1. The average Bonchev–Trinajstić information content (AvgIpc) is 3.19. The van der Waals surface area contributed by atoms with E-state index >= 15 is 0 Å². The van der Waals surface area contributed by atoms with E-state index in [0.29, 0.717) is 13.1 Å². The van der Waals surface area contributed by atoms with Crippen LogP contribution in [0.5, 0.6) is 0 Å². The monoisotopic (exact) mass is 448 g/mol. The van der Waals surface area contributed by atoms with Crippen LogP contribution < -0.4 is 15.1 Å². The smallest absolute Gasteiger partial charge is 0.325 e. The molecule has 1 aromatic carbocycles. The molecule has 33 heavy (non-hydrogen) atoms. The summed E-state index contributed by atoms with van der Waals surface area (Å²) in [5.74, 6) is 1.87. The molecular weight excluding hydrogens is 416 g/mol. The van der Waals surface area contributed by atoms with Crippen molar-refractivity contribution in [2.75, 3.05) is 42.5 Å². The van der Waals surface area contributed by atoms with E-state index in [2.05, 4.69) is 15.2 Å². The molecule has 0 unspecified atom stereocenters. The second-order valence-electron chi connectivity index (χ2n) is 9.25. The van der Waals surface area contributed by atoms with Gasteiger partial charge in [-0.05, 0) is 57.6 Å². The third-order valence-corrected chi connectivity index (χ3v) is 6.93. The third kappa shape index (κ3) is 4.65. The molecule has 1 N–H and O–H groups in total. The quantitative estimate of drug-likeness (QED) is 0.761. The van der Waals surface area contributed by atoms with Gasteiger partial charge in [0.25, 0.3) is 0 Å². The molecule has 174 valence electrons. The van der Waals surface area contributed by atoms with Crippen LogP contribution in [0.2, 0.25) is 0 Å². The first-order chi connectivity index (χ1) is 16.1. The topological polar surface area (TPSA) is 81.7 Å². The molecule has 3 amide bonds. The molecule has 0 bridgehead atoms. The third-order valence-electron chi connectivity index (χ3n) is 6.93. The van der Waals surface area contributed by atoms with Gasteiger partial charge < -0.3 is 15.1 Å². The normalized spacial score (nSPS) is 19.1. The molecule has 8 heteroatoms. The first-order valence-electron chi connectivity index (χ1n) is 12.1. The number of urea groups is 1. The lowest BCUT2D eigenvalue weighted by Gasteiger charge is -2.35. The number of benzene rings is 1. The maximum Gasteiger partial charge on any atom is 0.325 e. The van der Waals surface area contributed by atoms with Gasteiger partial charge in [0.05, 0.1) is 0 Å². The Morgan fingerprint density at radius 3 is 2.58 bits per heavy atom. The first-order valence-corrected chi connectivity index (χ1v) is 12.1. The molecule has 3 heterocycles. The number of aromatic nitrogens is 2. The minimum Gasteiger partial charge on any atom is -0.356 e. The molecule has 0 radical (unpaired) electrons. The standard InChI is InChI=1S/C25H32N6O2/c1-18-26-22-10-6-5-9-21(22)24(27-18)29-13-11-19(12-14-29)28-23(32)17-30-15-16-31(25(30)33)20-7-3-2-4-8-20/h2-4,7-8,19H,5-6,9-17H2,1H3,(H,28,32). The van der Waals surface area contributed by atoms with Crippen LogP contribution in [-0.2, 0) is 17.6 Å². The zero-order valence-corrected chi connectivity index (χ0v) is 19.3. The van der Waals surface area contributed by atoms with E-state index in [4.69, 9.17) is 4.98 Å². The largest absolute Gasteiger partial charge is 0.356 e. The van der Waals surface area contributed by atoms with Crippen molar-refractivity contribution in [3.8, 4) is 0 Å². The number of nitrogens with zero attached hydrogens (tertiary/aromatic N) is 5. The molecule has 0 atom stereocenters. The van der Waals surface area contributed by atoms with Crippen LogP contribution in [-0.4, -0.2) is 65.6 Å². The second kappa shape index (κ2) is 9.37. The van der Waals surface area contributed by atoms with Gasteiger partial charge in [0, 0.05) is 49.2 Å². The number of fused-ring (bicyclic) bond motifs is 1. The van der Waals surface area contributed by atoms with Crippen molar-refractivity contribution in [2.24, 2.45) is 0 Å². The molecule has 2 aliphatic heterocycles. The Balaban J connectivity index is 1.14. The van der Waals surface area contributed by atoms with E-state index in [9.17, 15) is 9.59 Å². The zero-order valence-electron chi connectivity index (χ0n) is 19.3. The number of rotatable bonds is 5. The van der Waals surface area contributed by atoms with Gasteiger partial charge in [-0.15, -0.1) is 0 Å². The van der Waals surface area contributed by atoms with Crippen LogP contribution in [0.3, 0.4) is 0 Å². The maximum absolute atomic E-state index is 12.7. The minimum atomic E-state index is -0.102. The highest BCUT2D eigenvalue weighted by Crippen LogP contribution is 2.29. The number of hydrogen-bond acceptors (Lipinski definition) is 5. The number of aryl methyl sites for hydroxylation is 2. The minimum absolute atomic E-state index is 0.0769.